The van der Waals surface area contributed by atoms with Crippen LogP contribution in [0.5, 0.6) is 0 Å². The Hall–Kier alpha value is -1.70. The number of imidazole rings is 1. The van der Waals surface area contributed by atoms with Crippen molar-refractivity contribution in [2.75, 3.05) is 18.5 Å². The molecule has 2 aliphatic rings. The Bertz CT molecular complexity index is 761. The number of aryl methyl sites for hydroxylation is 1. The lowest BCUT2D eigenvalue weighted by Gasteiger charge is -2.30. The van der Waals surface area contributed by atoms with Gasteiger partial charge < -0.3 is 19.7 Å². The maximum Gasteiger partial charge on any atom is 0.223 e. The Morgan fingerprint density at radius 3 is 2.84 bits per heavy atom. The molecule has 1 saturated heterocycles. The van der Waals surface area contributed by atoms with Crippen molar-refractivity contribution in [2.45, 2.75) is 50.8 Å². The first-order valence-electron chi connectivity index (χ1n) is 8.72. The number of nitrogens with one attached hydrogen (secondary N) is 1. The van der Waals surface area contributed by atoms with Gasteiger partial charge in [-0.2, -0.15) is 0 Å². The highest BCUT2D eigenvalue weighted by Gasteiger charge is 2.27. The van der Waals surface area contributed by atoms with Gasteiger partial charge >= 0.3 is 0 Å². The molecule has 4 rings (SSSR count). The number of hydrogen-bond donors (Lipinski definition) is 2. The predicted octanol–water partition coefficient (Wildman–Crippen LogP) is 2.59. The highest BCUT2D eigenvalue weighted by Crippen LogP contribution is 2.37. The molecule has 0 amide bonds. The van der Waals surface area contributed by atoms with Crippen molar-refractivity contribution in [3.63, 3.8) is 0 Å². The van der Waals surface area contributed by atoms with Crippen LogP contribution in [0.3, 0.4) is 0 Å². The second-order valence-corrected chi connectivity index (χ2v) is 7.12. The monoisotopic (exact) mass is 363 g/mol. The van der Waals surface area contributed by atoms with Crippen LogP contribution in [0.15, 0.2) is 12.4 Å². The Kier molecular flexibility index (Phi) is 4.62. The summed E-state index contributed by atoms with van der Waals surface area (Å²) in [5.41, 5.74) is 1.60. The summed E-state index contributed by atoms with van der Waals surface area (Å²) in [6.45, 7) is 2.95. The van der Waals surface area contributed by atoms with Crippen LogP contribution in [0, 0.1) is 6.92 Å². The van der Waals surface area contributed by atoms with E-state index in [0.29, 0.717) is 42.3 Å². The van der Waals surface area contributed by atoms with E-state index in [1.165, 1.54) is 6.42 Å². The molecule has 2 aromatic heterocycles. The van der Waals surface area contributed by atoms with Crippen LogP contribution in [0.25, 0.3) is 11.4 Å². The summed E-state index contributed by atoms with van der Waals surface area (Å²) in [5.74, 6) is 1.44. The van der Waals surface area contributed by atoms with Gasteiger partial charge in [0.1, 0.15) is 11.5 Å². The standard InChI is InChI=1S/C17H22ClN5O2/c1-10-19-8-14(23(10)11-3-2-4-11)16-12(18)7-20-17(22-16)21-13-5-6-25-9-15(13)24/h7-8,11,13,15,24H,2-6,9H2,1H3,(H,20,21,22)/t13-,15-/m1/s1. The summed E-state index contributed by atoms with van der Waals surface area (Å²) in [7, 11) is 0. The summed E-state index contributed by atoms with van der Waals surface area (Å²) in [6, 6.07) is 0.346. The van der Waals surface area contributed by atoms with E-state index >= 15 is 0 Å². The van der Waals surface area contributed by atoms with Crippen molar-refractivity contribution in [3.8, 4) is 11.4 Å². The average Bonchev–Trinajstić information content (AvgIpc) is 2.92. The van der Waals surface area contributed by atoms with Gasteiger partial charge in [0.15, 0.2) is 0 Å². The first kappa shape index (κ1) is 16.8. The Morgan fingerprint density at radius 2 is 2.12 bits per heavy atom. The van der Waals surface area contributed by atoms with Crippen LogP contribution < -0.4 is 5.32 Å². The second-order valence-electron chi connectivity index (χ2n) is 6.72. The molecule has 2 fully saturated rings. The highest BCUT2D eigenvalue weighted by atomic mass is 35.5. The van der Waals surface area contributed by atoms with E-state index in [4.69, 9.17) is 16.3 Å². The third-order valence-corrected chi connectivity index (χ3v) is 5.33. The number of aliphatic hydroxyl groups is 1. The minimum absolute atomic E-state index is 0.124. The van der Waals surface area contributed by atoms with Gasteiger partial charge in [-0.25, -0.2) is 15.0 Å². The summed E-state index contributed by atoms with van der Waals surface area (Å²) < 4.78 is 7.49. The minimum atomic E-state index is -0.570. The highest BCUT2D eigenvalue weighted by molar-refractivity contribution is 6.32. The maximum atomic E-state index is 10.0. The van der Waals surface area contributed by atoms with Gasteiger partial charge in [-0.3, -0.25) is 0 Å². The van der Waals surface area contributed by atoms with Crippen LogP contribution in [-0.2, 0) is 4.74 Å². The third kappa shape index (κ3) is 3.23. The van der Waals surface area contributed by atoms with Crippen molar-refractivity contribution in [2.24, 2.45) is 0 Å². The fourth-order valence-electron chi connectivity index (χ4n) is 3.41. The molecule has 0 unspecified atom stereocenters. The zero-order valence-corrected chi connectivity index (χ0v) is 14.9. The zero-order chi connectivity index (χ0) is 17.4. The Morgan fingerprint density at radius 1 is 1.28 bits per heavy atom. The topological polar surface area (TPSA) is 85.1 Å². The molecule has 0 bridgehead atoms. The molecule has 2 N–H and O–H groups in total. The lowest BCUT2D eigenvalue weighted by Crippen LogP contribution is -2.42. The van der Waals surface area contributed by atoms with E-state index in [1.807, 2.05) is 13.1 Å². The fourth-order valence-corrected chi connectivity index (χ4v) is 3.60. The van der Waals surface area contributed by atoms with Crippen LogP contribution in [0.1, 0.15) is 37.5 Å². The quantitative estimate of drug-likeness (QED) is 0.868. The number of anilines is 1. The first-order valence-corrected chi connectivity index (χ1v) is 9.10. The molecule has 134 valence electrons. The number of nitrogens with zero attached hydrogens (tertiary/aromatic N) is 4. The van der Waals surface area contributed by atoms with Crippen molar-refractivity contribution in [1.82, 2.24) is 19.5 Å². The normalized spacial score (nSPS) is 24.1. The van der Waals surface area contributed by atoms with E-state index in [-0.39, 0.29) is 6.04 Å². The Balaban J connectivity index is 1.64. The summed E-state index contributed by atoms with van der Waals surface area (Å²) in [6.07, 6.45) is 7.13. The van der Waals surface area contributed by atoms with Crippen LogP contribution in [0.2, 0.25) is 5.02 Å². The van der Waals surface area contributed by atoms with Gasteiger partial charge in [0, 0.05) is 12.6 Å². The third-order valence-electron chi connectivity index (χ3n) is 5.05. The van der Waals surface area contributed by atoms with Crippen LogP contribution >= 0.6 is 11.6 Å². The molecule has 3 heterocycles. The summed E-state index contributed by atoms with van der Waals surface area (Å²) in [5, 5.41) is 13.8. The van der Waals surface area contributed by atoms with Gasteiger partial charge in [-0.1, -0.05) is 11.6 Å². The molecule has 1 aliphatic heterocycles. The predicted molar refractivity (Wildman–Crippen MR) is 94.7 cm³/mol. The molecule has 1 saturated carbocycles. The molecule has 0 radical (unpaired) electrons. The number of ether oxygens (including phenoxy) is 1. The smallest absolute Gasteiger partial charge is 0.223 e. The zero-order valence-electron chi connectivity index (χ0n) is 14.2. The molecular weight excluding hydrogens is 342 g/mol. The number of rotatable bonds is 4. The van der Waals surface area contributed by atoms with E-state index < -0.39 is 6.10 Å². The lowest BCUT2D eigenvalue weighted by atomic mass is 9.92. The van der Waals surface area contributed by atoms with Crippen molar-refractivity contribution in [1.29, 1.82) is 0 Å². The number of aromatic nitrogens is 4. The molecular formula is C17H22ClN5O2. The summed E-state index contributed by atoms with van der Waals surface area (Å²) >= 11 is 6.39. The molecule has 2 atom stereocenters. The van der Waals surface area contributed by atoms with Crippen molar-refractivity contribution >= 4 is 17.5 Å². The van der Waals surface area contributed by atoms with Crippen LogP contribution in [0.4, 0.5) is 5.95 Å². The maximum absolute atomic E-state index is 10.0. The van der Waals surface area contributed by atoms with E-state index in [1.54, 1.807) is 6.20 Å². The first-order chi connectivity index (χ1) is 12.1. The molecule has 7 nitrogen and oxygen atoms in total. The number of aliphatic hydroxyl groups excluding tert-OH is 1. The molecule has 1 aliphatic carbocycles. The SMILES string of the molecule is Cc1ncc(-c2nc(N[C@@H]3CCOC[C@H]3O)ncc2Cl)n1C1CCC1. The Labute approximate surface area is 151 Å². The lowest BCUT2D eigenvalue weighted by molar-refractivity contribution is -0.0136. The van der Waals surface area contributed by atoms with Crippen LogP contribution in [-0.4, -0.2) is 50.0 Å². The fraction of sp³-hybridized carbons (Fsp3) is 0.588. The summed E-state index contributed by atoms with van der Waals surface area (Å²) in [4.78, 5) is 13.4. The van der Waals surface area contributed by atoms with E-state index in [2.05, 4.69) is 24.8 Å². The van der Waals surface area contributed by atoms with Crippen molar-refractivity contribution < 1.29 is 9.84 Å². The van der Waals surface area contributed by atoms with Crippen molar-refractivity contribution in [3.05, 3.63) is 23.2 Å². The second kappa shape index (κ2) is 6.90. The molecule has 0 aromatic carbocycles. The minimum Gasteiger partial charge on any atom is -0.389 e. The van der Waals surface area contributed by atoms with Gasteiger partial charge in [-0.05, 0) is 32.6 Å². The molecule has 25 heavy (non-hydrogen) atoms. The van der Waals surface area contributed by atoms with Gasteiger partial charge in [-0.15, -0.1) is 0 Å². The molecule has 2 aromatic rings. The van der Waals surface area contributed by atoms with Gasteiger partial charge in [0.05, 0.1) is 41.9 Å². The van der Waals surface area contributed by atoms with E-state index in [9.17, 15) is 5.11 Å². The van der Waals surface area contributed by atoms with Gasteiger partial charge in [0.2, 0.25) is 5.95 Å². The molecule has 8 heteroatoms. The molecule has 0 spiro atoms. The largest absolute Gasteiger partial charge is 0.389 e. The van der Waals surface area contributed by atoms with E-state index in [0.717, 1.165) is 24.4 Å². The number of hydrogen-bond acceptors (Lipinski definition) is 6. The average molecular weight is 364 g/mol. The number of halogens is 1. The van der Waals surface area contributed by atoms with Gasteiger partial charge in [0.25, 0.3) is 0 Å².